The van der Waals surface area contributed by atoms with Gasteiger partial charge in [-0.25, -0.2) is 14.8 Å². The number of benzene rings is 2. The number of rotatable bonds is 6. The van der Waals surface area contributed by atoms with Crippen molar-refractivity contribution in [1.82, 2.24) is 19.9 Å². The number of carbonyl (C=O) groups excluding carboxylic acids is 1. The van der Waals surface area contributed by atoms with Crippen LogP contribution in [0.3, 0.4) is 0 Å². The topological polar surface area (TPSA) is 115 Å². The lowest BCUT2D eigenvalue weighted by Crippen LogP contribution is -2.27. The third-order valence-corrected chi connectivity index (χ3v) is 7.03. The van der Waals surface area contributed by atoms with Crippen LogP contribution in [0, 0.1) is 6.92 Å². The van der Waals surface area contributed by atoms with Gasteiger partial charge < -0.3 is 25.4 Å². The molecule has 1 atom stereocenters. The van der Waals surface area contributed by atoms with Gasteiger partial charge in [0.05, 0.1) is 17.8 Å². The van der Waals surface area contributed by atoms with Crippen molar-refractivity contribution in [2.24, 2.45) is 5.73 Å². The third kappa shape index (κ3) is 6.64. The molecule has 2 aliphatic rings. The zero-order valence-corrected chi connectivity index (χ0v) is 24.6. The van der Waals surface area contributed by atoms with E-state index in [1.54, 1.807) is 20.8 Å². The van der Waals surface area contributed by atoms with E-state index in [0.717, 1.165) is 54.2 Å². The van der Waals surface area contributed by atoms with Crippen LogP contribution in [0.1, 0.15) is 49.8 Å². The molecule has 1 unspecified atom stereocenters. The Kier molecular flexibility index (Phi) is 7.93. The molecule has 1 amide bonds. The second kappa shape index (κ2) is 11.4. The van der Waals surface area contributed by atoms with Gasteiger partial charge in [-0.2, -0.15) is 0 Å². The molecule has 1 aliphatic carbocycles. The molecule has 4 aromatic rings. The van der Waals surface area contributed by atoms with E-state index in [9.17, 15) is 4.79 Å². The number of nitrogens with two attached hydrogens (primary N) is 1. The van der Waals surface area contributed by atoms with Crippen LogP contribution < -0.4 is 11.1 Å². The van der Waals surface area contributed by atoms with Crippen LogP contribution in [0.5, 0.6) is 0 Å². The third-order valence-electron chi connectivity index (χ3n) is 7.03. The fraction of sp³-hybridized carbons (Fsp3) is 0.375. The Morgan fingerprint density at radius 1 is 1.12 bits per heavy atom. The van der Waals surface area contributed by atoms with Crippen molar-refractivity contribution in [3.8, 4) is 22.4 Å². The number of carbonyl (C=O) groups is 1. The zero-order chi connectivity index (χ0) is 29.3. The first-order chi connectivity index (χ1) is 19.5. The minimum Gasteiger partial charge on any atom is -0.444 e. The Morgan fingerprint density at radius 2 is 1.90 bits per heavy atom. The second-order valence-electron chi connectivity index (χ2n) is 11.8. The molecule has 1 saturated heterocycles. The lowest BCUT2D eigenvalue weighted by atomic mass is 9.93. The predicted molar refractivity (Wildman–Crippen MR) is 162 cm³/mol. The highest BCUT2D eigenvalue weighted by Crippen LogP contribution is 2.48. The summed E-state index contributed by atoms with van der Waals surface area (Å²) in [6.45, 7) is 9.94. The Hall–Kier alpha value is -4.08. The van der Waals surface area contributed by atoms with Crippen molar-refractivity contribution >= 4 is 28.6 Å². The summed E-state index contributed by atoms with van der Waals surface area (Å²) in [5.41, 5.74) is 14.6. The number of aryl methyl sites for hydroxylation is 1. The van der Waals surface area contributed by atoms with Crippen molar-refractivity contribution < 1.29 is 14.3 Å². The van der Waals surface area contributed by atoms with E-state index in [2.05, 4.69) is 71.3 Å². The maximum absolute atomic E-state index is 10.0. The summed E-state index contributed by atoms with van der Waals surface area (Å²) in [7, 11) is 4.21. The van der Waals surface area contributed by atoms with E-state index in [1.165, 1.54) is 27.6 Å². The molecule has 3 N–H and O–H groups in total. The molecule has 9 nitrogen and oxygen atoms in total. The van der Waals surface area contributed by atoms with Gasteiger partial charge in [-0.3, -0.25) is 4.98 Å². The molecule has 0 bridgehead atoms. The van der Waals surface area contributed by atoms with Crippen LogP contribution in [0.4, 0.5) is 16.4 Å². The van der Waals surface area contributed by atoms with Gasteiger partial charge in [-0.15, -0.1) is 0 Å². The van der Waals surface area contributed by atoms with Gasteiger partial charge >= 0.3 is 6.09 Å². The minimum atomic E-state index is -0.725. The number of nitrogens with zero attached hydrogens (tertiary/aromatic N) is 4. The maximum Gasteiger partial charge on any atom is 0.405 e. The molecule has 2 aromatic carbocycles. The molecular weight excluding hydrogens is 516 g/mol. The van der Waals surface area contributed by atoms with Gasteiger partial charge in [0.1, 0.15) is 5.60 Å². The number of primary amides is 1. The number of pyridine rings is 1. The first kappa shape index (κ1) is 28.4. The highest BCUT2D eigenvalue weighted by Gasteiger charge is 2.28. The van der Waals surface area contributed by atoms with Crippen LogP contribution >= 0.6 is 0 Å². The highest BCUT2D eigenvalue weighted by molar-refractivity contribution is 6.21. The monoisotopic (exact) mass is 554 g/mol. The van der Waals surface area contributed by atoms with E-state index in [-0.39, 0.29) is 0 Å². The summed E-state index contributed by atoms with van der Waals surface area (Å²) in [5, 5.41) is 4.65. The van der Waals surface area contributed by atoms with Gasteiger partial charge in [0.2, 0.25) is 5.95 Å². The highest BCUT2D eigenvalue weighted by atomic mass is 16.6. The molecule has 6 rings (SSSR count). The molecule has 214 valence electrons. The van der Waals surface area contributed by atoms with Gasteiger partial charge in [0.25, 0.3) is 0 Å². The Labute approximate surface area is 241 Å². The average molecular weight is 555 g/mol. The Balaban J connectivity index is 0.000000372. The standard InChI is InChI=1S/C27H27N5O.C5H11NO2/c1-16-8-10-28-13-23(16)21-6-7-22-24-25(21)30-27(31-26(22)24)29-19-4-5-20(17-9-11-33-15-17)18(12-19)14-32(2)3;1-5(2,3)8-4(6)7/h4-8,10,12-13,17H,9,11,14-15H2,1-3H3,(H,29,30,31);1-3H3,(H2,6,7). The second-order valence-corrected chi connectivity index (χ2v) is 11.8. The number of anilines is 2. The molecule has 0 saturated carbocycles. The summed E-state index contributed by atoms with van der Waals surface area (Å²) in [5.74, 6) is 1.11. The smallest absolute Gasteiger partial charge is 0.405 e. The first-order valence-electron chi connectivity index (χ1n) is 13.9. The molecule has 1 aliphatic heterocycles. The maximum atomic E-state index is 10.0. The quantitative estimate of drug-likeness (QED) is 0.256. The molecule has 3 heterocycles. The zero-order valence-electron chi connectivity index (χ0n) is 24.6. The van der Waals surface area contributed by atoms with Crippen molar-refractivity contribution in [3.05, 3.63) is 65.5 Å². The summed E-state index contributed by atoms with van der Waals surface area (Å²) in [4.78, 5) is 26.3. The molecule has 0 spiro atoms. The molecule has 9 heteroatoms. The van der Waals surface area contributed by atoms with Crippen LogP contribution in [0.2, 0.25) is 0 Å². The molecular formula is C32H38N6O3. The number of hydrogen-bond acceptors (Lipinski definition) is 8. The average Bonchev–Trinajstić information content (AvgIpc) is 3.32. The lowest BCUT2D eigenvalue weighted by molar-refractivity contribution is 0.0600. The number of amides is 1. The normalized spacial score (nSPS) is 15.4. The Bertz CT molecular complexity index is 1590. The van der Waals surface area contributed by atoms with E-state index in [1.807, 2.05) is 18.5 Å². The van der Waals surface area contributed by atoms with E-state index < -0.39 is 11.7 Å². The Morgan fingerprint density at radius 3 is 2.54 bits per heavy atom. The van der Waals surface area contributed by atoms with Crippen LogP contribution in [-0.4, -0.2) is 58.9 Å². The fourth-order valence-electron chi connectivity index (χ4n) is 5.23. The lowest BCUT2D eigenvalue weighted by Gasteiger charge is -2.19. The molecule has 41 heavy (non-hydrogen) atoms. The van der Waals surface area contributed by atoms with Gasteiger partial charge in [0.15, 0.2) is 0 Å². The van der Waals surface area contributed by atoms with E-state index in [0.29, 0.717) is 11.9 Å². The number of nitrogens with one attached hydrogen (secondary N) is 1. The van der Waals surface area contributed by atoms with Gasteiger partial charge in [-0.1, -0.05) is 18.2 Å². The van der Waals surface area contributed by atoms with Crippen molar-refractivity contribution in [3.63, 3.8) is 0 Å². The summed E-state index contributed by atoms with van der Waals surface area (Å²) >= 11 is 0. The van der Waals surface area contributed by atoms with Crippen LogP contribution in [0.25, 0.3) is 33.3 Å². The van der Waals surface area contributed by atoms with Gasteiger partial charge in [0, 0.05) is 59.2 Å². The van der Waals surface area contributed by atoms with Crippen molar-refractivity contribution in [1.29, 1.82) is 0 Å². The molecule has 1 fully saturated rings. The number of hydrogen-bond donors (Lipinski definition) is 2. The predicted octanol–water partition coefficient (Wildman–Crippen LogP) is 6.17. The van der Waals surface area contributed by atoms with Crippen LogP contribution in [-0.2, 0) is 16.0 Å². The molecule has 2 aromatic heterocycles. The number of aromatic nitrogens is 3. The van der Waals surface area contributed by atoms with Gasteiger partial charge in [-0.05, 0) is 83.1 Å². The minimum absolute atomic E-state index is 0.453. The van der Waals surface area contributed by atoms with E-state index >= 15 is 0 Å². The number of fused-ring (bicyclic) bond motifs is 1. The van der Waals surface area contributed by atoms with Crippen molar-refractivity contribution in [2.75, 3.05) is 32.6 Å². The summed E-state index contributed by atoms with van der Waals surface area (Å²) < 4.78 is 10.2. The fourth-order valence-corrected chi connectivity index (χ4v) is 5.23. The number of ether oxygens (including phenoxy) is 2. The van der Waals surface area contributed by atoms with Crippen LogP contribution in [0.15, 0.2) is 48.8 Å². The van der Waals surface area contributed by atoms with Crippen molar-refractivity contribution in [2.45, 2.75) is 52.2 Å². The summed E-state index contributed by atoms with van der Waals surface area (Å²) in [6.07, 6.45) is 4.11. The largest absolute Gasteiger partial charge is 0.444 e. The SMILES string of the molecule is CC(C)(C)OC(N)=O.Cc1ccncc1-c1ccc2c3c-2nc(Nc2ccc(C4CCOC4)c(CN(C)C)c2)nc13. The summed E-state index contributed by atoms with van der Waals surface area (Å²) in [6, 6.07) is 12.9. The van der Waals surface area contributed by atoms with E-state index in [4.69, 9.17) is 20.4 Å². The first-order valence-corrected chi connectivity index (χ1v) is 13.9. The molecule has 0 radical (unpaired) electrons.